The lowest BCUT2D eigenvalue weighted by molar-refractivity contribution is -0.274. The summed E-state index contributed by atoms with van der Waals surface area (Å²) in [5.41, 5.74) is 2.41. The topological polar surface area (TPSA) is 51.2 Å². The summed E-state index contributed by atoms with van der Waals surface area (Å²) in [6.45, 7) is 1.73. The Kier molecular flexibility index (Phi) is 4.53. The first-order valence-corrected chi connectivity index (χ1v) is 8.96. The van der Waals surface area contributed by atoms with E-state index in [2.05, 4.69) is 15.0 Å². The van der Waals surface area contributed by atoms with Crippen molar-refractivity contribution in [2.75, 3.05) is 5.32 Å². The molecule has 7 heteroatoms. The van der Waals surface area contributed by atoms with E-state index in [9.17, 15) is 18.0 Å². The first kappa shape index (κ1) is 19.0. The molecule has 148 valence electrons. The van der Waals surface area contributed by atoms with E-state index < -0.39 is 11.8 Å². The Hall–Kier alpha value is -3.35. The molecule has 4 rings (SSSR count). The Morgan fingerprint density at radius 3 is 2.59 bits per heavy atom. The zero-order valence-corrected chi connectivity index (χ0v) is 15.5. The van der Waals surface area contributed by atoms with Gasteiger partial charge in [-0.1, -0.05) is 30.3 Å². The van der Waals surface area contributed by atoms with E-state index >= 15 is 0 Å². The van der Waals surface area contributed by atoms with Crippen molar-refractivity contribution in [3.8, 4) is 16.9 Å². The maximum absolute atomic E-state index is 12.8. The molecule has 0 saturated carbocycles. The van der Waals surface area contributed by atoms with E-state index in [1.807, 2.05) is 24.3 Å². The van der Waals surface area contributed by atoms with Gasteiger partial charge in [0.15, 0.2) is 0 Å². The van der Waals surface area contributed by atoms with Crippen molar-refractivity contribution in [1.82, 2.24) is 4.98 Å². The van der Waals surface area contributed by atoms with Crippen LogP contribution in [0.25, 0.3) is 11.1 Å². The first-order chi connectivity index (χ1) is 13.8. The standard InChI is InChI=1S/C22H17F3N2O2/c1-21(12-15-5-2-3-7-19(15)29-22(23,24)25)17-11-14(16-6-4-10-26-13-16)8-9-18(17)27-20(21)28/h2-11,13H,12H2,1H3,(H,27,28). The molecule has 0 spiro atoms. The molecule has 0 aliphatic carbocycles. The van der Waals surface area contributed by atoms with Crippen molar-refractivity contribution in [2.24, 2.45) is 0 Å². The molecule has 0 bridgehead atoms. The summed E-state index contributed by atoms with van der Waals surface area (Å²) in [5.74, 6) is -0.566. The van der Waals surface area contributed by atoms with Crippen molar-refractivity contribution < 1.29 is 22.7 Å². The monoisotopic (exact) mass is 398 g/mol. The molecule has 1 unspecified atom stereocenters. The summed E-state index contributed by atoms with van der Waals surface area (Å²) < 4.78 is 42.5. The SMILES string of the molecule is CC1(Cc2ccccc2OC(F)(F)F)C(=O)Nc2ccc(-c3cccnc3)cc21. The average molecular weight is 398 g/mol. The third kappa shape index (κ3) is 3.68. The lowest BCUT2D eigenvalue weighted by Gasteiger charge is -2.24. The molecule has 0 fully saturated rings. The fraction of sp³-hybridized carbons (Fsp3) is 0.182. The van der Waals surface area contributed by atoms with Gasteiger partial charge in [0, 0.05) is 18.1 Å². The number of nitrogens with zero attached hydrogens (tertiary/aromatic N) is 1. The van der Waals surface area contributed by atoms with Crippen LogP contribution in [0.3, 0.4) is 0 Å². The van der Waals surface area contributed by atoms with Gasteiger partial charge in [-0.2, -0.15) is 0 Å². The number of rotatable bonds is 4. The van der Waals surface area contributed by atoms with Crippen molar-refractivity contribution in [3.63, 3.8) is 0 Å². The second-order valence-electron chi connectivity index (χ2n) is 7.12. The van der Waals surface area contributed by atoms with E-state index in [1.165, 1.54) is 12.1 Å². The van der Waals surface area contributed by atoms with Crippen molar-refractivity contribution in [2.45, 2.75) is 25.1 Å². The van der Waals surface area contributed by atoms with E-state index in [1.54, 1.807) is 37.5 Å². The number of pyridine rings is 1. The quantitative estimate of drug-likeness (QED) is 0.665. The van der Waals surface area contributed by atoms with E-state index in [-0.39, 0.29) is 18.1 Å². The lowest BCUT2D eigenvalue weighted by atomic mass is 9.77. The number of carbonyl (C=O) groups is 1. The highest BCUT2D eigenvalue weighted by Gasteiger charge is 2.44. The molecule has 29 heavy (non-hydrogen) atoms. The van der Waals surface area contributed by atoms with Gasteiger partial charge in [0.2, 0.25) is 5.91 Å². The number of ether oxygens (including phenoxy) is 1. The van der Waals surface area contributed by atoms with Crippen molar-refractivity contribution >= 4 is 11.6 Å². The number of benzene rings is 2. The summed E-state index contributed by atoms with van der Waals surface area (Å²) in [4.78, 5) is 16.9. The van der Waals surface area contributed by atoms with E-state index in [0.29, 0.717) is 11.3 Å². The highest BCUT2D eigenvalue weighted by molar-refractivity contribution is 6.06. The van der Waals surface area contributed by atoms with E-state index in [4.69, 9.17) is 0 Å². The third-order valence-corrected chi connectivity index (χ3v) is 5.10. The van der Waals surface area contributed by atoms with Gasteiger partial charge in [-0.3, -0.25) is 9.78 Å². The first-order valence-electron chi connectivity index (χ1n) is 8.96. The maximum Gasteiger partial charge on any atom is 0.573 e. The van der Waals surface area contributed by atoms with Crippen molar-refractivity contribution in [1.29, 1.82) is 0 Å². The van der Waals surface area contributed by atoms with Gasteiger partial charge in [0.1, 0.15) is 5.75 Å². The molecular weight excluding hydrogens is 381 g/mol. The van der Waals surface area contributed by atoms with Crippen LogP contribution in [0.15, 0.2) is 67.0 Å². The van der Waals surface area contributed by atoms with Crippen LogP contribution < -0.4 is 10.1 Å². The van der Waals surface area contributed by atoms with Gasteiger partial charge in [-0.25, -0.2) is 0 Å². The molecule has 2 heterocycles. The molecule has 1 amide bonds. The van der Waals surface area contributed by atoms with Crippen LogP contribution in [-0.4, -0.2) is 17.3 Å². The van der Waals surface area contributed by atoms with Gasteiger partial charge in [0.05, 0.1) is 5.41 Å². The van der Waals surface area contributed by atoms with Crippen LogP contribution in [0, 0.1) is 0 Å². The van der Waals surface area contributed by atoms with Gasteiger partial charge < -0.3 is 10.1 Å². The van der Waals surface area contributed by atoms with Crippen LogP contribution in [0.1, 0.15) is 18.1 Å². The molecule has 0 radical (unpaired) electrons. The minimum absolute atomic E-state index is 0.0641. The van der Waals surface area contributed by atoms with E-state index in [0.717, 1.165) is 16.7 Å². The number of fused-ring (bicyclic) bond motifs is 1. The molecule has 1 N–H and O–H groups in total. The number of halogens is 3. The summed E-state index contributed by atoms with van der Waals surface area (Å²) in [6, 6.07) is 15.2. The molecule has 1 atom stereocenters. The molecule has 2 aromatic carbocycles. The van der Waals surface area contributed by atoms with Gasteiger partial charge in [-0.05, 0) is 59.9 Å². The van der Waals surface area contributed by atoms with Crippen molar-refractivity contribution in [3.05, 3.63) is 78.1 Å². The number of para-hydroxylation sites is 1. The molecule has 1 aromatic heterocycles. The van der Waals surface area contributed by atoms with Crippen LogP contribution in [0.5, 0.6) is 5.75 Å². The largest absolute Gasteiger partial charge is 0.573 e. The predicted octanol–water partition coefficient (Wildman–Crippen LogP) is 5.10. The minimum atomic E-state index is -4.81. The highest BCUT2D eigenvalue weighted by atomic mass is 19.4. The van der Waals surface area contributed by atoms with Crippen LogP contribution >= 0.6 is 0 Å². The smallest absolute Gasteiger partial charge is 0.406 e. The summed E-state index contributed by atoms with van der Waals surface area (Å²) in [6.07, 6.45) is -1.35. The highest BCUT2D eigenvalue weighted by Crippen LogP contribution is 2.43. The number of alkyl halides is 3. The second kappa shape index (κ2) is 6.92. The van der Waals surface area contributed by atoms with Crippen LogP contribution in [0.2, 0.25) is 0 Å². The summed E-state index contributed by atoms with van der Waals surface area (Å²) in [5, 5.41) is 2.84. The van der Waals surface area contributed by atoms with Gasteiger partial charge in [-0.15, -0.1) is 13.2 Å². The number of hydrogen-bond donors (Lipinski definition) is 1. The normalized spacial score (nSPS) is 18.3. The fourth-order valence-electron chi connectivity index (χ4n) is 3.64. The number of anilines is 1. The zero-order valence-electron chi connectivity index (χ0n) is 15.5. The van der Waals surface area contributed by atoms with Gasteiger partial charge >= 0.3 is 6.36 Å². The van der Waals surface area contributed by atoms with Crippen LogP contribution in [0.4, 0.5) is 18.9 Å². The maximum atomic E-state index is 12.8. The summed E-state index contributed by atoms with van der Waals surface area (Å²) >= 11 is 0. The summed E-state index contributed by atoms with van der Waals surface area (Å²) in [7, 11) is 0. The predicted molar refractivity (Wildman–Crippen MR) is 102 cm³/mol. The fourth-order valence-corrected chi connectivity index (χ4v) is 3.64. The number of carbonyl (C=O) groups excluding carboxylic acids is 1. The zero-order chi connectivity index (χ0) is 20.6. The number of nitrogens with one attached hydrogen (secondary N) is 1. The lowest BCUT2D eigenvalue weighted by Crippen LogP contribution is -2.33. The Balaban J connectivity index is 1.74. The molecule has 0 saturated heterocycles. The minimum Gasteiger partial charge on any atom is -0.406 e. The Morgan fingerprint density at radius 2 is 1.86 bits per heavy atom. The number of hydrogen-bond acceptors (Lipinski definition) is 3. The van der Waals surface area contributed by atoms with Gasteiger partial charge in [0.25, 0.3) is 0 Å². The molecular formula is C22H17F3N2O2. The Bertz CT molecular complexity index is 1070. The third-order valence-electron chi connectivity index (χ3n) is 5.10. The average Bonchev–Trinajstić information content (AvgIpc) is 2.93. The Morgan fingerprint density at radius 1 is 1.07 bits per heavy atom. The molecule has 1 aliphatic heterocycles. The number of amides is 1. The molecule has 4 nitrogen and oxygen atoms in total. The molecule has 3 aromatic rings. The molecule has 1 aliphatic rings. The van der Waals surface area contributed by atoms with Crippen LogP contribution in [-0.2, 0) is 16.6 Å². The second-order valence-corrected chi connectivity index (χ2v) is 7.12. The number of aromatic nitrogens is 1. The Labute approximate surface area is 165 Å².